The Balaban J connectivity index is 1.91. The smallest absolute Gasteiger partial charge is 0.131 e. The Labute approximate surface area is 180 Å². The summed E-state index contributed by atoms with van der Waals surface area (Å²) in [5.41, 5.74) is 4.10. The number of hydrogen-bond donors (Lipinski definition) is 1. The summed E-state index contributed by atoms with van der Waals surface area (Å²) in [5.74, 6) is 0.260. The fourth-order valence-corrected chi connectivity index (χ4v) is 4.35. The third-order valence-electron chi connectivity index (χ3n) is 6.00. The van der Waals surface area contributed by atoms with E-state index in [2.05, 4.69) is 59.4 Å². The van der Waals surface area contributed by atoms with Crippen LogP contribution in [0.4, 0.5) is 0 Å². The molecule has 0 amide bonds. The fourth-order valence-electron chi connectivity index (χ4n) is 4.35. The van der Waals surface area contributed by atoms with E-state index in [0.29, 0.717) is 13.1 Å². The standard InChI is InChI=1S/C23H35N5O2/c1-6-8-18(25-7-2)13-28-15-24-9-10-26-22-11-20(21-14-30-27-16(21)3)23(29-5)12-19(22)17(28)4/h6,8,11,14-15,17-19,23,25H,7,9-10,12-13H2,1-5H3. The third-order valence-corrected chi connectivity index (χ3v) is 6.00. The van der Waals surface area contributed by atoms with Gasteiger partial charge in [-0.25, -0.2) is 0 Å². The molecule has 30 heavy (non-hydrogen) atoms. The molecule has 1 aliphatic heterocycles. The van der Waals surface area contributed by atoms with Crippen LogP contribution in [0.2, 0.25) is 0 Å². The molecule has 0 fully saturated rings. The Bertz CT molecular complexity index is 810. The minimum Gasteiger partial charge on any atom is -0.377 e. The van der Waals surface area contributed by atoms with Crippen molar-refractivity contribution >= 4 is 17.6 Å². The molecule has 0 spiro atoms. The first kappa shape index (κ1) is 22.4. The predicted molar refractivity (Wildman–Crippen MR) is 122 cm³/mol. The molecule has 1 aromatic heterocycles. The van der Waals surface area contributed by atoms with Gasteiger partial charge >= 0.3 is 0 Å². The van der Waals surface area contributed by atoms with Gasteiger partial charge in [0.1, 0.15) is 6.26 Å². The van der Waals surface area contributed by atoms with Crippen molar-refractivity contribution in [1.29, 1.82) is 0 Å². The summed E-state index contributed by atoms with van der Waals surface area (Å²) in [6, 6.07) is 0.527. The average Bonchev–Trinajstić information content (AvgIpc) is 3.19. The third kappa shape index (κ3) is 5.08. The minimum atomic E-state index is -0.0193. The molecule has 4 atom stereocenters. The summed E-state index contributed by atoms with van der Waals surface area (Å²) in [6.45, 7) is 11.6. The number of aryl methyl sites for hydroxylation is 1. The van der Waals surface area contributed by atoms with Crippen LogP contribution in [0.25, 0.3) is 5.57 Å². The lowest BCUT2D eigenvalue weighted by molar-refractivity contribution is 0.118. The van der Waals surface area contributed by atoms with Gasteiger partial charge in [-0.05, 0) is 45.4 Å². The molecule has 1 aromatic rings. The first-order chi connectivity index (χ1) is 14.6. The summed E-state index contributed by atoms with van der Waals surface area (Å²) in [4.78, 5) is 11.9. The highest BCUT2D eigenvalue weighted by Gasteiger charge is 2.36. The molecular weight excluding hydrogens is 378 g/mol. The lowest BCUT2D eigenvalue weighted by atomic mass is 9.79. The van der Waals surface area contributed by atoms with Crippen LogP contribution in [0.3, 0.4) is 0 Å². The summed E-state index contributed by atoms with van der Waals surface area (Å²) in [7, 11) is 1.77. The number of nitrogens with zero attached hydrogens (tertiary/aromatic N) is 4. The van der Waals surface area contributed by atoms with E-state index in [-0.39, 0.29) is 24.1 Å². The van der Waals surface area contributed by atoms with Crippen LogP contribution in [0, 0.1) is 12.8 Å². The maximum atomic E-state index is 5.91. The van der Waals surface area contributed by atoms with E-state index < -0.39 is 0 Å². The molecule has 0 saturated carbocycles. The van der Waals surface area contributed by atoms with Crippen molar-refractivity contribution in [3.05, 3.63) is 35.7 Å². The number of aliphatic imine (C=N–C) groups is 2. The molecule has 7 heteroatoms. The van der Waals surface area contributed by atoms with Gasteiger partial charge in [0.25, 0.3) is 0 Å². The lowest BCUT2D eigenvalue weighted by Crippen LogP contribution is -2.48. The summed E-state index contributed by atoms with van der Waals surface area (Å²) >= 11 is 0. The van der Waals surface area contributed by atoms with Gasteiger partial charge in [0, 0.05) is 42.9 Å². The van der Waals surface area contributed by atoms with Crippen LogP contribution in [0.5, 0.6) is 0 Å². The minimum absolute atomic E-state index is 0.0193. The molecule has 0 bridgehead atoms. The highest BCUT2D eigenvalue weighted by atomic mass is 16.5. The van der Waals surface area contributed by atoms with Crippen molar-refractivity contribution in [2.45, 2.75) is 52.3 Å². The molecule has 1 N–H and O–H groups in total. The Morgan fingerprint density at radius 2 is 2.23 bits per heavy atom. The zero-order valence-electron chi connectivity index (χ0n) is 18.8. The van der Waals surface area contributed by atoms with E-state index in [1.54, 1.807) is 13.4 Å². The second kappa shape index (κ2) is 10.7. The molecule has 0 aromatic carbocycles. The normalized spacial score (nSPS) is 25.9. The maximum absolute atomic E-state index is 5.91. The Morgan fingerprint density at radius 3 is 2.90 bits per heavy atom. The van der Waals surface area contributed by atoms with Crippen LogP contribution < -0.4 is 5.32 Å². The molecular formula is C23H35N5O2. The Hall–Kier alpha value is -2.25. The van der Waals surface area contributed by atoms with Gasteiger partial charge < -0.3 is 19.5 Å². The largest absolute Gasteiger partial charge is 0.377 e. The summed E-state index contributed by atoms with van der Waals surface area (Å²) in [5, 5.41) is 7.61. The van der Waals surface area contributed by atoms with Crippen molar-refractivity contribution in [3.8, 4) is 0 Å². The predicted octanol–water partition coefficient (Wildman–Crippen LogP) is 3.13. The fraction of sp³-hybridized carbons (Fsp3) is 0.609. The van der Waals surface area contributed by atoms with Crippen LogP contribution in [-0.2, 0) is 4.74 Å². The number of aromatic nitrogens is 1. The van der Waals surface area contributed by atoms with E-state index >= 15 is 0 Å². The Morgan fingerprint density at radius 1 is 1.40 bits per heavy atom. The second-order valence-electron chi connectivity index (χ2n) is 7.94. The van der Waals surface area contributed by atoms with E-state index in [9.17, 15) is 0 Å². The van der Waals surface area contributed by atoms with Gasteiger partial charge in [0.15, 0.2) is 0 Å². The van der Waals surface area contributed by atoms with E-state index in [0.717, 1.165) is 42.1 Å². The van der Waals surface area contributed by atoms with Crippen LogP contribution in [0.15, 0.2) is 39.0 Å². The second-order valence-corrected chi connectivity index (χ2v) is 7.94. The molecule has 164 valence electrons. The molecule has 2 aliphatic rings. The monoisotopic (exact) mass is 413 g/mol. The van der Waals surface area contributed by atoms with Crippen LogP contribution in [0.1, 0.15) is 38.4 Å². The number of rotatable bonds is 7. The van der Waals surface area contributed by atoms with Gasteiger partial charge in [0.2, 0.25) is 0 Å². The van der Waals surface area contributed by atoms with E-state index in [1.165, 1.54) is 0 Å². The number of likely N-dealkylation sites (N-methyl/N-ethyl adjacent to an activating group) is 1. The van der Waals surface area contributed by atoms with Crippen molar-refractivity contribution in [1.82, 2.24) is 15.4 Å². The number of allylic oxidation sites excluding steroid dienone is 2. The van der Waals surface area contributed by atoms with Crippen molar-refractivity contribution in [3.63, 3.8) is 0 Å². The quantitative estimate of drug-likeness (QED) is 0.695. The molecule has 3 rings (SSSR count). The molecule has 2 heterocycles. The molecule has 1 aliphatic carbocycles. The van der Waals surface area contributed by atoms with Crippen LogP contribution >= 0.6 is 0 Å². The number of ether oxygens (including phenoxy) is 1. The number of hydrogen-bond acceptors (Lipinski definition) is 7. The number of fused-ring (bicyclic) bond motifs is 1. The average molecular weight is 414 g/mol. The van der Waals surface area contributed by atoms with Gasteiger partial charge in [-0.15, -0.1) is 0 Å². The summed E-state index contributed by atoms with van der Waals surface area (Å²) < 4.78 is 11.1. The molecule has 7 nitrogen and oxygen atoms in total. The zero-order valence-corrected chi connectivity index (χ0v) is 18.8. The van der Waals surface area contributed by atoms with Gasteiger partial charge in [-0.1, -0.05) is 24.2 Å². The van der Waals surface area contributed by atoms with Crippen LogP contribution in [-0.4, -0.2) is 73.6 Å². The van der Waals surface area contributed by atoms with Crippen molar-refractivity contribution in [2.24, 2.45) is 15.9 Å². The van der Waals surface area contributed by atoms with E-state index in [4.69, 9.17) is 14.3 Å². The van der Waals surface area contributed by atoms with Gasteiger partial charge in [-0.3, -0.25) is 9.98 Å². The highest BCUT2D eigenvalue weighted by molar-refractivity contribution is 6.05. The summed E-state index contributed by atoms with van der Waals surface area (Å²) in [6.07, 6.45) is 11.1. The number of methoxy groups -OCH3 is 1. The molecule has 0 saturated heterocycles. The topological polar surface area (TPSA) is 75.2 Å². The zero-order chi connectivity index (χ0) is 21.5. The lowest BCUT2D eigenvalue weighted by Gasteiger charge is -2.39. The highest BCUT2D eigenvalue weighted by Crippen LogP contribution is 2.35. The Kier molecular flexibility index (Phi) is 7.99. The van der Waals surface area contributed by atoms with Crippen molar-refractivity contribution in [2.75, 3.05) is 33.3 Å². The van der Waals surface area contributed by atoms with Crippen molar-refractivity contribution < 1.29 is 9.26 Å². The SMILES string of the molecule is CC=CC(CN1C=NCCN=C2C=C(c3conc3C)C(OC)CC2C1C)NCC. The molecule has 4 unspecified atom stereocenters. The first-order valence-electron chi connectivity index (χ1n) is 10.9. The molecule has 0 radical (unpaired) electrons. The van der Waals surface area contributed by atoms with Gasteiger partial charge in [0.05, 0.1) is 31.2 Å². The number of nitrogens with one attached hydrogen (secondary N) is 1. The van der Waals surface area contributed by atoms with Gasteiger partial charge in [-0.2, -0.15) is 0 Å². The first-order valence-corrected chi connectivity index (χ1v) is 10.9. The van der Waals surface area contributed by atoms with E-state index in [1.807, 2.05) is 13.3 Å². The maximum Gasteiger partial charge on any atom is 0.131 e.